The Kier molecular flexibility index (Phi) is 2.79. The molecule has 2 heterocycles. The molecule has 0 bridgehead atoms. The minimum atomic E-state index is -0.346. The number of halogens is 1. The highest BCUT2D eigenvalue weighted by molar-refractivity contribution is 6.19. The number of hydrogen-bond acceptors (Lipinski definition) is 1. The Balaban J connectivity index is 2.04. The molecule has 0 saturated carbocycles. The predicted octanol–water partition coefficient (Wildman–Crippen LogP) is 4.46. The lowest BCUT2D eigenvalue weighted by Gasteiger charge is -2.03. The third-order valence-corrected chi connectivity index (χ3v) is 3.88. The molecule has 2 aromatic carbocycles. The van der Waals surface area contributed by atoms with Crippen molar-refractivity contribution in [3.63, 3.8) is 0 Å². The van der Waals surface area contributed by atoms with Crippen LogP contribution in [-0.2, 0) is 0 Å². The number of carbonyl (C=O) groups is 1. The van der Waals surface area contributed by atoms with Crippen LogP contribution in [0.15, 0.2) is 72.9 Å². The van der Waals surface area contributed by atoms with E-state index in [1.54, 1.807) is 0 Å². The van der Waals surface area contributed by atoms with Crippen LogP contribution in [0.5, 0.6) is 0 Å². The summed E-state index contributed by atoms with van der Waals surface area (Å²) in [6, 6.07) is 19.3. The molecule has 0 unspecified atom stereocenters. The number of hydrogen-bond donors (Lipinski definition) is 0. The van der Waals surface area contributed by atoms with Crippen LogP contribution in [0.2, 0.25) is 0 Å². The average molecular weight is 289 g/mol. The van der Waals surface area contributed by atoms with Crippen molar-refractivity contribution in [1.29, 1.82) is 0 Å². The topological polar surface area (TPSA) is 21.5 Å². The van der Waals surface area contributed by atoms with Gasteiger partial charge >= 0.3 is 0 Å². The van der Waals surface area contributed by atoms with Crippen molar-refractivity contribution < 1.29 is 9.18 Å². The van der Waals surface area contributed by atoms with Gasteiger partial charge in [0.2, 0.25) is 5.78 Å². The lowest BCUT2D eigenvalue weighted by Crippen LogP contribution is -2.05. The van der Waals surface area contributed by atoms with Crippen molar-refractivity contribution >= 4 is 22.1 Å². The van der Waals surface area contributed by atoms with Crippen LogP contribution in [0.4, 0.5) is 4.39 Å². The molecule has 0 aliphatic rings. The monoisotopic (exact) mass is 289 g/mol. The van der Waals surface area contributed by atoms with E-state index in [-0.39, 0.29) is 11.6 Å². The highest BCUT2D eigenvalue weighted by Gasteiger charge is 2.18. The molecule has 0 spiro atoms. The lowest BCUT2D eigenvalue weighted by molar-refractivity contribution is 0.103. The van der Waals surface area contributed by atoms with Gasteiger partial charge in [0.05, 0.1) is 5.52 Å². The number of pyridine rings is 1. The van der Waals surface area contributed by atoms with Crippen LogP contribution in [0, 0.1) is 5.82 Å². The zero-order valence-corrected chi connectivity index (χ0v) is 11.7. The summed E-state index contributed by atoms with van der Waals surface area (Å²) in [4.78, 5) is 12.9. The van der Waals surface area contributed by atoms with Crippen molar-refractivity contribution in [2.45, 2.75) is 0 Å². The highest BCUT2D eigenvalue weighted by Crippen LogP contribution is 2.28. The van der Waals surface area contributed by atoms with Crippen LogP contribution >= 0.6 is 0 Å². The second kappa shape index (κ2) is 4.81. The van der Waals surface area contributed by atoms with Gasteiger partial charge in [-0.1, -0.05) is 30.3 Å². The fourth-order valence-electron chi connectivity index (χ4n) is 2.87. The van der Waals surface area contributed by atoms with Gasteiger partial charge in [0, 0.05) is 22.5 Å². The zero-order valence-electron chi connectivity index (χ0n) is 11.7. The van der Waals surface area contributed by atoms with Gasteiger partial charge in [-0.25, -0.2) is 4.39 Å². The molecule has 0 saturated heterocycles. The number of rotatable bonds is 2. The largest absolute Gasteiger partial charge is 0.313 e. The van der Waals surface area contributed by atoms with Crippen molar-refractivity contribution in [3.05, 3.63) is 90.0 Å². The van der Waals surface area contributed by atoms with E-state index in [0.717, 1.165) is 16.3 Å². The van der Waals surface area contributed by atoms with E-state index >= 15 is 0 Å². The van der Waals surface area contributed by atoms with Crippen LogP contribution < -0.4 is 0 Å². The quantitative estimate of drug-likeness (QED) is 0.499. The number of fused-ring (bicyclic) bond motifs is 3. The third-order valence-electron chi connectivity index (χ3n) is 3.88. The highest BCUT2D eigenvalue weighted by atomic mass is 19.1. The first kappa shape index (κ1) is 12.8. The van der Waals surface area contributed by atoms with Gasteiger partial charge in [0.1, 0.15) is 11.5 Å². The van der Waals surface area contributed by atoms with Gasteiger partial charge in [-0.15, -0.1) is 0 Å². The van der Waals surface area contributed by atoms with Gasteiger partial charge in [0.25, 0.3) is 0 Å². The molecule has 2 nitrogen and oxygen atoms in total. The maximum absolute atomic E-state index is 13.1. The molecule has 0 N–H and O–H groups in total. The van der Waals surface area contributed by atoms with Crippen molar-refractivity contribution in [1.82, 2.24) is 4.40 Å². The zero-order chi connectivity index (χ0) is 15.1. The fourth-order valence-corrected chi connectivity index (χ4v) is 2.87. The third kappa shape index (κ3) is 1.83. The maximum Gasteiger partial charge on any atom is 0.210 e. The summed E-state index contributed by atoms with van der Waals surface area (Å²) >= 11 is 0. The summed E-state index contributed by atoms with van der Waals surface area (Å²) in [5.41, 5.74) is 2.08. The summed E-state index contributed by atoms with van der Waals surface area (Å²) in [6.07, 6.45) is 1.88. The van der Waals surface area contributed by atoms with E-state index < -0.39 is 0 Å². The minimum Gasteiger partial charge on any atom is -0.313 e. The predicted molar refractivity (Wildman–Crippen MR) is 84.7 cm³/mol. The SMILES string of the molecule is O=C(c1ccc(F)cc1)c1c2ccccc2c2ccccn12. The van der Waals surface area contributed by atoms with Gasteiger partial charge in [-0.2, -0.15) is 0 Å². The van der Waals surface area contributed by atoms with Crippen molar-refractivity contribution in [2.75, 3.05) is 0 Å². The van der Waals surface area contributed by atoms with Gasteiger partial charge in [-0.05, 0) is 36.4 Å². The van der Waals surface area contributed by atoms with E-state index in [4.69, 9.17) is 0 Å². The normalized spacial score (nSPS) is 11.1. The molecule has 0 radical (unpaired) electrons. The Hall–Kier alpha value is -2.94. The van der Waals surface area contributed by atoms with Crippen molar-refractivity contribution in [2.24, 2.45) is 0 Å². The number of carbonyl (C=O) groups excluding carboxylic acids is 1. The fraction of sp³-hybridized carbons (Fsp3) is 0. The van der Waals surface area contributed by atoms with Gasteiger partial charge in [-0.3, -0.25) is 4.79 Å². The van der Waals surface area contributed by atoms with Crippen LogP contribution in [0.3, 0.4) is 0 Å². The van der Waals surface area contributed by atoms with E-state index in [2.05, 4.69) is 0 Å². The van der Waals surface area contributed by atoms with Gasteiger partial charge in [0.15, 0.2) is 0 Å². The first-order valence-electron chi connectivity index (χ1n) is 7.04. The molecular formula is C19H12FNO. The summed E-state index contributed by atoms with van der Waals surface area (Å²) < 4.78 is 15.0. The number of ketones is 1. The summed E-state index contributed by atoms with van der Waals surface area (Å²) in [5.74, 6) is -0.455. The van der Waals surface area contributed by atoms with Crippen LogP contribution in [0.25, 0.3) is 16.3 Å². The Labute approximate surface area is 126 Å². The average Bonchev–Trinajstić information content (AvgIpc) is 2.89. The molecule has 4 aromatic rings. The van der Waals surface area contributed by atoms with Crippen molar-refractivity contribution in [3.8, 4) is 0 Å². The summed E-state index contributed by atoms with van der Waals surface area (Å²) in [6.45, 7) is 0. The Morgan fingerprint density at radius 3 is 2.27 bits per heavy atom. The molecule has 2 aromatic heterocycles. The smallest absolute Gasteiger partial charge is 0.210 e. The van der Waals surface area contributed by atoms with E-state index in [1.165, 1.54) is 24.3 Å². The molecule has 0 aliphatic carbocycles. The maximum atomic E-state index is 13.1. The van der Waals surface area contributed by atoms with Crippen LogP contribution in [-0.4, -0.2) is 10.2 Å². The molecule has 0 fully saturated rings. The van der Waals surface area contributed by atoms with Crippen LogP contribution in [0.1, 0.15) is 16.1 Å². The number of nitrogens with zero attached hydrogens (tertiary/aromatic N) is 1. The second-order valence-electron chi connectivity index (χ2n) is 5.19. The molecule has 22 heavy (non-hydrogen) atoms. The Morgan fingerprint density at radius 1 is 0.818 bits per heavy atom. The standard InChI is InChI=1S/C19H12FNO/c20-14-10-8-13(9-11-14)19(22)18-16-6-2-1-5-15(16)17-7-3-4-12-21(17)18/h1-12H. The molecule has 0 atom stereocenters. The Morgan fingerprint density at radius 2 is 1.50 bits per heavy atom. The Bertz CT molecular complexity index is 946. The van der Waals surface area contributed by atoms with E-state index in [9.17, 15) is 9.18 Å². The minimum absolute atomic E-state index is 0.109. The first-order valence-corrected chi connectivity index (χ1v) is 7.04. The summed E-state index contributed by atoms with van der Waals surface area (Å²) in [5, 5.41) is 1.94. The molecule has 106 valence electrons. The molecule has 0 amide bonds. The second-order valence-corrected chi connectivity index (χ2v) is 5.19. The summed E-state index contributed by atoms with van der Waals surface area (Å²) in [7, 11) is 0. The number of benzene rings is 2. The van der Waals surface area contributed by atoms with E-state index in [0.29, 0.717) is 11.3 Å². The van der Waals surface area contributed by atoms with Gasteiger partial charge < -0.3 is 4.40 Å². The number of aromatic nitrogens is 1. The molecule has 4 rings (SSSR count). The van der Waals surface area contributed by atoms with E-state index in [1.807, 2.05) is 53.1 Å². The molecular weight excluding hydrogens is 277 g/mol. The lowest BCUT2D eigenvalue weighted by atomic mass is 10.0. The molecule has 0 aliphatic heterocycles. The first-order chi connectivity index (χ1) is 10.8. The molecule has 3 heteroatoms.